The van der Waals surface area contributed by atoms with E-state index in [2.05, 4.69) is 12.2 Å². The van der Waals surface area contributed by atoms with Crippen molar-refractivity contribution in [3.8, 4) is 17.2 Å². The fourth-order valence-electron chi connectivity index (χ4n) is 3.59. The lowest BCUT2D eigenvalue weighted by Crippen LogP contribution is -2.19. The number of hydrogen-bond donors (Lipinski definition) is 1. The molecule has 0 unspecified atom stereocenters. The maximum atomic E-state index is 12.8. The zero-order valence-electron chi connectivity index (χ0n) is 19.5. The van der Waals surface area contributed by atoms with Crippen LogP contribution in [0.15, 0.2) is 36.4 Å². The quantitative estimate of drug-likeness (QED) is 0.414. The molecule has 2 aromatic rings. The number of anilines is 1. The number of ether oxygens (including phenoxy) is 4. The Morgan fingerprint density at radius 2 is 1.76 bits per heavy atom. The van der Waals surface area contributed by atoms with Crippen molar-refractivity contribution < 1.29 is 28.5 Å². The van der Waals surface area contributed by atoms with Crippen molar-refractivity contribution in [2.45, 2.75) is 45.4 Å². The van der Waals surface area contributed by atoms with Crippen molar-refractivity contribution in [3.05, 3.63) is 47.5 Å². The van der Waals surface area contributed by atoms with Gasteiger partial charge >= 0.3 is 0 Å². The molecule has 7 nitrogen and oxygen atoms in total. The van der Waals surface area contributed by atoms with Crippen LogP contribution in [0.3, 0.4) is 0 Å². The molecule has 1 amide bonds. The van der Waals surface area contributed by atoms with E-state index in [1.807, 2.05) is 0 Å². The van der Waals surface area contributed by atoms with E-state index in [0.29, 0.717) is 41.3 Å². The molecule has 0 radical (unpaired) electrons. The fourth-order valence-corrected chi connectivity index (χ4v) is 3.59. The Bertz CT molecular complexity index is 925. The molecule has 2 aromatic carbocycles. The number of carbonyl (C=O) groups is 2. The number of unbranched alkanes of at least 4 members (excludes halogenated alkanes) is 3. The minimum Gasteiger partial charge on any atom is -0.494 e. The Balaban J connectivity index is 1.50. The summed E-state index contributed by atoms with van der Waals surface area (Å²) in [6.07, 6.45) is 5.68. The maximum Gasteiger partial charge on any atom is 0.255 e. The van der Waals surface area contributed by atoms with Gasteiger partial charge in [-0.05, 0) is 62.1 Å². The summed E-state index contributed by atoms with van der Waals surface area (Å²) >= 11 is 0. The van der Waals surface area contributed by atoms with Gasteiger partial charge in [0.15, 0.2) is 11.5 Å². The number of Topliss-reactive ketones (excluding diaryl/α,β-unsaturated/α-hetero) is 1. The Hall–Kier alpha value is -3.06. The highest BCUT2D eigenvalue weighted by atomic mass is 16.5. The summed E-state index contributed by atoms with van der Waals surface area (Å²) in [5.41, 5.74) is 1.29. The number of ketones is 1. The third-order valence-corrected chi connectivity index (χ3v) is 5.37. The highest BCUT2D eigenvalue weighted by molar-refractivity contribution is 6.09. The van der Waals surface area contributed by atoms with E-state index < -0.39 is 0 Å². The lowest BCUT2D eigenvalue weighted by atomic mass is 10.0. The van der Waals surface area contributed by atoms with Gasteiger partial charge in [0.2, 0.25) is 0 Å². The first-order chi connectivity index (χ1) is 16.1. The van der Waals surface area contributed by atoms with E-state index in [1.54, 1.807) is 36.4 Å². The Labute approximate surface area is 195 Å². The van der Waals surface area contributed by atoms with E-state index in [1.165, 1.54) is 7.11 Å². The smallest absolute Gasteiger partial charge is 0.255 e. The number of hydrogen-bond acceptors (Lipinski definition) is 6. The van der Waals surface area contributed by atoms with Crippen LogP contribution in [0, 0.1) is 0 Å². The minimum atomic E-state index is -0.319. The monoisotopic (exact) mass is 455 g/mol. The second-order valence-electron chi connectivity index (χ2n) is 7.89. The molecule has 1 aliphatic heterocycles. The number of carbonyl (C=O) groups excluding carboxylic acids is 2. The standard InChI is InChI=1S/C26H33NO6/c1-3-15-31-16-6-4-5-7-17-32-20-10-8-19(9-11-20)26(29)27-24-23(30-2)13-12-21-22(28)14-18-33-25(21)24/h8-13H,3-7,14-18H2,1-2H3,(H,27,29). The molecule has 0 aromatic heterocycles. The molecule has 0 saturated carbocycles. The summed E-state index contributed by atoms with van der Waals surface area (Å²) < 4.78 is 22.3. The van der Waals surface area contributed by atoms with E-state index in [-0.39, 0.29) is 18.3 Å². The van der Waals surface area contributed by atoms with Gasteiger partial charge in [0.05, 0.1) is 25.9 Å². The molecule has 0 saturated heterocycles. The molecule has 7 heteroatoms. The maximum absolute atomic E-state index is 12.8. The van der Waals surface area contributed by atoms with Gasteiger partial charge in [-0.25, -0.2) is 0 Å². The molecule has 0 bridgehead atoms. The number of rotatable bonds is 13. The summed E-state index contributed by atoms with van der Waals surface area (Å²) in [5.74, 6) is 1.19. The van der Waals surface area contributed by atoms with Crippen molar-refractivity contribution in [2.24, 2.45) is 0 Å². The molecule has 0 fully saturated rings. The minimum absolute atomic E-state index is 0.0132. The molecule has 178 valence electrons. The number of benzene rings is 2. The van der Waals surface area contributed by atoms with Crippen LogP contribution in [0.2, 0.25) is 0 Å². The molecular formula is C26H33NO6. The first-order valence-corrected chi connectivity index (χ1v) is 11.6. The first kappa shape index (κ1) is 24.6. The molecule has 0 spiro atoms. The molecular weight excluding hydrogens is 422 g/mol. The normalized spacial score (nSPS) is 12.6. The number of amides is 1. The van der Waals surface area contributed by atoms with Crippen LogP contribution in [0.4, 0.5) is 5.69 Å². The van der Waals surface area contributed by atoms with Crippen LogP contribution in [-0.4, -0.2) is 45.2 Å². The summed E-state index contributed by atoms with van der Waals surface area (Å²) in [7, 11) is 1.51. The van der Waals surface area contributed by atoms with Gasteiger partial charge in [-0.15, -0.1) is 0 Å². The molecule has 1 heterocycles. The van der Waals surface area contributed by atoms with Gasteiger partial charge in [0, 0.05) is 25.2 Å². The van der Waals surface area contributed by atoms with Crippen LogP contribution in [0.5, 0.6) is 17.2 Å². The first-order valence-electron chi connectivity index (χ1n) is 11.6. The number of methoxy groups -OCH3 is 1. The Morgan fingerprint density at radius 1 is 1.00 bits per heavy atom. The second kappa shape index (κ2) is 12.8. The zero-order chi connectivity index (χ0) is 23.5. The summed E-state index contributed by atoms with van der Waals surface area (Å²) in [4.78, 5) is 25.0. The van der Waals surface area contributed by atoms with Crippen molar-refractivity contribution in [2.75, 3.05) is 38.9 Å². The molecule has 1 N–H and O–H groups in total. The van der Waals surface area contributed by atoms with E-state index >= 15 is 0 Å². The SMILES string of the molecule is CCCOCCCCCCOc1ccc(C(=O)Nc2c(OC)ccc3c2OCCC3=O)cc1. The van der Waals surface area contributed by atoms with Gasteiger partial charge in [-0.2, -0.15) is 0 Å². The third kappa shape index (κ3) is 6.96. The summed E-state index contributed by atoms with van der Waals surface area (Å²) in [5, 5.41) is 2.84. The highest BCUT2D eigenvalue weighted by Crippen LogP contribution is 2.40. The summed E-state index contributed by atoms with van der Waals surface area (Å²) in [6.45, 7) is 4.70. The van der Waals surface area contributed by atoms with Crippen LogP contribution in [-0.2, 0) is 4.74 Å². The van der Waals surface area contributed by atoms with Gasteiger partial charge in [0.25, 0.3) is 5.91 Å². The van der Waals surface area contributed by atoms with Gasteiger partial charge in [-0.3, -0.25) is 9.59 Å². The zero-order valence-corrected chi connectivity index (χ0v) is 19.5. The summed E-state index contributed by atoms with van der Waals surface area (Å²) in [6, 6.07) is 10.3. The second-order valence-corrected chi connectivity index (χ2v) is 7.89. The van der Waals surface area contributed by atoms with Gasteiger partial charge < -0.3 is 24.3 Å². The Kier molecular flexibility index (Phi) is 9.57. The predicted octanol–water partition coefficient (Wildman–Crippen LogP) is 5.28. The molecule has 1 aliphatic rings. The van der Waals surface area contributed by atoms with E-state index in [9.17, 15) is 9.59 Å². The lowest BCUT2D eigenvalue weighted by Gasteiger charge is -2.21. The topological polar surface area (TPSA) is 83.1 Å². The van der Waals surface area contributed by atoms with Gasteiger partial charge in [-0.1, -0.05) is 13.3 Å². The molecule has 3 rings (SSSR count). The van der Waals surface area contributed by atoms with E-state index in [4.69, 9.17) is 18.9 Å². The molecule has 0 atom stereocenters. The van der Waals surface area contributed by atoms with Crippen LogP contribution < -0.4 is 19.5 Å². The average Bonchev–Trinajstić information content (AvgIpc) is 2.84. The van der Waals surface area contributed by atoms with Crippen molar-refractivity contribution in [1.82, 2.24) is 0 Å². The molecule has 0 aliphatic carbocycles. The third-order valence-electron chi connectivity index (χ3n) is 5.37. The van der Waals surface area contributed by atoms with Crippen LogP contribution in [0.25, 0.3) is 0 Å². The molecule has 33 heavy (non-hydrogen) atoms. The average molecular weight is 456 g/mol. The van der Waals surface area contributed by atoms with Gasteiger partial charge in [0.1, 0.15) is 17.2 Å². The van der Waals surface area contributed by atoms with Crippen molar-refractivity contribution >= 4 is 17.4 Å². The van der Waals surface area contributed by atoms with Crippen molar-refractivity contribution in [1.29, 1.82) is 0 Å². The lowest BCUT2D eigenvalue weighted by molar-refractivity contribution is 0.0931. The Morgan fingerprint density at radius 3 is 2.48 bits per heavy atom. The largest absolute Gasteiger partial charge is 0.494 e. The number of fused-ring (bicyclic) bond motifs is 1. The van der Waals surface area contributed by atoms with Crippen LogP contribution in [0.1, 0.15) is 66.2 Å². The van der Waals surface area contributed by atoms with Crippen molar-refractivity contribution in [3.63, 3.8) is 0 Å². The van der Waals surface area contributed by atoms with E-state index in [0.717, 1.165) is 51.1 Å². The number of nitrogens with one attached hydrogen (secondary N) is 1. The predicted molar refractivity (Wildman–Crippen MR) is 127 cm³/mol. The van der Waals surface area contributed by atoms with Crippen LogP contribution >= 0.6 is 0 Å². The highest BCUT2D eigenvalue weighted by Gasteiger charge is 2.25. The fraction of sp³-hybridized carbons (Fsp3) is 0.462.